The molecule has 7 heteroatoms. The highest BCUT2D eigenvalue weighted by Crippen LogP contribution is 2.16. The van der Waals surface area contributed by atoms with Gasteiger partial charge < -0.3 is 19.5 Å². The summed E-state index contributed by atoms with van der Waals surface area (Å²) in [6.07, 6.45) is 1.87. The molecule has 1 saturated heterocycles. The molecule has 1 aliphatic heterocycles. The van der Waals surface area contributed by atoms with Crippen molar-refractivity contribution < 1.29 is 14.0 Å². The van der Waals surface area contributed by atoms with Gasteiger partial charge in [-0.3, -0.25) is 9.59 Å². The quantitative estimate of drug-likeness (QED) is 0.826. The lowest BCUT2D eigenvalue weighted by Gasteiger charge is -2.30. The number of furan rings is 1. The number of likely N-dealkylation sites (N-methyl/N-ethyl adjacent to an activating group) is 1. The first-order valence-electron chi connectivity index (χ1n) is 7.54. The fourth-order valence-electron chi connectivity index (χ4n) is 2.64. The number of nitrogens with one attached hydrogen (secondary N) is 1. The van der Waals surface area contributed by atoms with Crippen molar-refractivity contribution in [2.75, 3.05) is 33.2 Å². The van der Waals surface area contributed by atoms with Gasteiger partial charge in [0, 0.05) is 26.2 Å². The highest BCUT2D eigenvalue weighted by Gasteiger charge is 2.27. The Morgan fingerprint density at radius 2 is 2.23 bits per heavy atom. The van der Waals surface area contributed by atoms with E-state index in [1.54, 1.807) is 19.2 Å². The molecule has 0 spiro atoms. The van der Waals surface area contributed by atoms with Gasteiger partial charge in [0.05, 0.1) is 6.54 Å². The number of halogens is 1. The van der Waals surface area contributed by atoms with Gasteiger partial charge in [-0.05, 0) is 47.4 Å². The van der Waals surface area contributed by atoms with E-state index in [4.69, 9.17) is 4.42 Å². The maximum Gasteiger partial charge on any atom is 0.289 e. The lowest BCUT2D eigenvalue weighted by atomic mass is 10.2. The van der Waals surface area contributed by atoms with Crippen molar-refractivity contribution in [1.82, 2.24) is 15.1 Å². The van der Waals surface area contributed by atoms with E-state index < -0.39 is 0 Å². The van der Waals surface area contributed by atoms with E-state index in [0.29, 0.717) is 4.67 Å². The number of hydrogen-bond donors (Lipinski definition) is 1. The third-order valence-corrected chi connectivity index (χ3v) is 4.19. The SMILES string of the molecule is CCCN(C(=O)CN(C)C(=O)c1ccc(Br)o1)C1CCNC1. The first-order valence-corrected chi connectivity index (χ1v) is 8.33. The summed E-state index contributed by atoms with van der Waals surface area (Å²) in [4.78, 5) is 28.1. The molecule has 0 saturated carbocycles. The Labute approximate surface area is 138 Å². The Morgan fingerprint density at radius 3 is 2.77 bits per heavy atom. The third-order valence-electron chi connectivity index (χ3n) is 3.76. The van der Waals surface area contributed by atoms with Crippen molar-refractivity contribution in [2.45, 2.75) is 25.8 Å². The van der Waals surface area contributed by atoms with Gasteiger partial charge in [0.25, 0.3) is 5.91 Å². The van der Waals surface area contributed by atoms with Gasteiger partial charge in [-0.25, -0.2) is 0 Å². The van der Waals surface area contributed by atoms with Gasteiger partial charge in [0.15, 0.2) is 10.4 Å². The van der Waals surface area contributed by atoms with Crippen LogP contribution in [0.3, 0.4) is 0 Å². The zero-order valence-corrected chi connectivity index (χ0v) is 14.6. The minimum absolute atomic E-state index is 0.0166. The van der Waals surface area contributed by atoms with Crippen LogP contribution in [0.4, 0.5) is 0 Å². The van der Waals surface area contributed by atoms with Crippen molar-refractivity contribution >= 4 is 27.7 Å². The molecule has 1 aliphatic rings. The third kappa shape index (κ3) is 4.10. The van der Waals surface area contributed by atoms with Gasteiger partial charge in [-0.15, -0.1) is 0 Å². The van der Waals surface area contributed by atoms with Crippen LogP contribution in [0.25, 0.3) is 0 Å². The van der Waals surface area contributed by atoms with Gasteiger partial charge >= 0.3 is 0 Å². The van der Waals surface area contributed by atoms with Crippen LogP contribution in [0.2, 0.25) is 0 Å². The Kier molecular flexibility index (Phi) is 6.02. The van der Waals surface area contributed by atoms with E-state index in [9.17, 15) is 9.59 Å². The highest BCUT2D eigenvalue weighted by molar-refractivity contribution is 9.10. The Morgan fingerprint density at radius 1 is 1.45 bits per heavy atom. The van der Waals surface area contributed by atoms with E-state index in [1.165, 1.54) is 4.90 Å². The van der Waals surface area contributed by atoms with Crippen LogP contribution >= 0.6 is 15.9 Å². The number of nitrogens with zero attached hydrogens (tertiary/aromatic N) is 2. The second-order valence-corrected chi connectivity index (χ2v) is 6.28. The van der Waals surface area contributed by atoms with Crippen molar-refractivity contribution in [3.63, 3.8) is 0 Å². The van der Waals surface area contributed by atoms with Crippen molar-refractivity contribution in [2.24, 2.45) is 0 Å². The van der Waals surface area contributed by atoms with E-state index in [2.05, 4.69) is 28.2 Å². The summed E-state index contributed by atoms with van der Waals surface area (Å²) in [5.41, 5.74) is 0. The van der Waals surface area contributed by atoms with Crippen LogP contribution in [0, 0.1) is 0 Å². The average Bonchev–Trinajstić information content (AvgIpc) is 3.15. The van der Waals surface area contributed by atoms with E-state index in [0.717, 1.165) is 32.5 Å². The molecule has 1 atom stereocenters. The molecule has 1 N–H and O–H groups in total. The molecule has 1 aromatic rings. The first kappa shape index (κ1) is 17.0. The van der Waals surface area contributed by atoms with Crippen LogP contribution in [0.1, 0.15) is 30.3 Å². The smallest absolute Gasteiger partial charge is 0.289 e. The molecule has 2 rings (SSSR count). The molecule has 1 fully saturated rings. The molecule has 2 amide bonds. The van der Waals surface area contributed by atoms with Crippen molar-refractivity contribution in [1.29, 1.82) is 0 Å². The molecule has 1 aromatic heterocycles. The summed E-state index contributed by atoms with van der Waals surface area (Å²) in [7, 11) is 1.62. The summed E-state index contributed by atoms with van der Waals surface area (Å²) >= 11 is 3.17. The molecular weight excluding hydrogens is 350 g/mol. The largest absolute Gasteiger partial charge is 0.444 e. The summed E-state index contributed by atoms with van der Waals surface area (Å²) in [5, 5.41) is 3.28. The minimum Gasteiger partial charge on any atom is -0.444 e. The molecule has 0 aliphatic carbocycles. The molecule has 1 unspecified atom stereocenters. The Hall–Kier alpha value is -1.34. The van der Waals surface area contributed by atoms with Gasteiger partial charge in [-0.2, -0.15) is 0 Å². The maximum atomic E-state index is 12.5. The van der Waals surface area contributed by atoms with E-state index in [-0.39, 0.29) is 30.2 Å². The molecule has 22 heavy (non-hydrogen) atoms. The predicted octanol–water partition coefficient (Wildman–Crippen LogP) is 1.71. The number of rotatable bonds is 6. The lowest BCUT2D eigenvalue weighted by molar-refractivity contribution is -0.133. The number of carbonyl (C=O) groups is 2. The molecule has 122 valence electrons. The van der Waals surface area contributed by atoms with Crippen LogP contribution in [0.15, 0.2) is 21.2 Å². The van der Waals surface area contributed by atoms with Gasteiger partial charge in [0.1, 0.15) is 0 Å². The minimum atomic E-state index is -0.292. The fourth-order valence-corrected chi connectivity index (χ4v) is 2.95. The van der Waals surface area contributed by atoms with Crippen LogP contribution < -0.4 is 5.32 Å². The lowest BCUT2D eigenvalue weighted by Crippen LogP contribution is -2.47. The number of hydrogen-bond acceptors (Lipinski definition) is 4. The zero-order valence-electron chi connectivity index (χ0n) is 13.0. The summed E-state index contributed by atoms with van der Waals surface area (Å²) in [5.74, 6) is -0.0798. The summed E-state index contributed by atoms with van der Waals surface area (Å²) in [6, 6.07) is 3.49. The van der Waals surface area contributed by atoms with E-state index >= 15 is 0 Å². The Bertz CT molecular complexity index is 526. The van der Waals surface area contributed by atoms with Crippen LogP contribution in [-0.4, -0.2) is 60.9 Å². The van der Waals surface area contributed by atoms with E-state index in [1.807, 2.05) is 4.90 Å². The molecule has 0 bridgehead atoms. The predicted molar refractivity (Wildman–Crippen MR) is 86.6 cm³/mol. The fraction of sp³-hybridized carbons (Fsp3) is 0.600. The maximum absolute atomic E-state index is 12.5. The highest BCUT2D eigenvalue weighted by atomic mass is 79.9. The normalized spacial score (nSPS) is 17.5. The molecular formula is C15H22BrN3O3. The molecule has 0 aromatic carbocycles. The van der Waals surface area contributed by atoms with Crippen molar-refractivity contribution in [3.8, 4) is 0 Å². The molecule has 0 radical (unpaired) electrons. The van der Waals surface area contributed by atoms with Crippen LogP contribution in [0.5, 0.6) is 0 Å². The van der Waals surface area contributed by atoms with Crippen LogP contribution in [-0.2, 0) is 4.79 Å². The second kappa shape index (κ2) is 7.78. The topological polar surface area (TPSA) is 65.8 Å². The number of carbonyl (C=O) groups excluding carboxylic acids is 2. The zero-order chi connectivity index (χ0) is 16.1. The molecule has 2 heterocycles. The average molecular weight is 372 g/mol. The Balaban J connectivity index is 1.97. The first-order chi connectivity index (χ1) is 10.5. The van der Waals surface area contributed by atoms with Gasteiger partial charge in [0.2, 0.25) is 5.91 Å². The van der Waals surface area contributed by atoms with Crippen molar-refractivity contribution in [3.05, 3.63) is 22.6 Å². The summed E-state index contributed by atoms with van der Waals surface area (Å²) in [6.45, 7) is 4.60. The van der Waals surface area contributed by atoms with Gasteiger partial charge in [-0.1, -0.05) is 6.92 Å². The monoisotopic (exact) mass is 371 g/mol. The second-order valence-electron chi connectivity index (χ2n) is 5.50. The molecule has 6 nitrogen and oxygen atoms in total. The summed E-state index contributed by atoms with van der Waals surface area (Å²) < 4.78 is 5.75. The standard InChI is InChI=1S/C15H22BrN3O3/c1-3-8-19(11-6-7-17-9-11)14(20)10-18(2)15(21)12-4-5-13(16)22-12/h4-5,11,17H,3,6-10H2,1-2H3. The number of amides is 2.